The van der Waals surface area contributed by atoms with Crippen LogP contribution in [-0.4, -0.2) is 15.0 Å². The van der Waals surface area contributed by atoms with Crippen molar-refractivity contribution in [3.05, 3.63) is 206 Å². The summed E-state index contributed by atoms with van der Waals surface area (Å²) in [7, 11) is 0. The Morgan fingerprint density at radius 2 is 0.836 bits per heavy atom. The van der Waals surface area contributed by atoms with Crippen LogP contribution in [0.15, 0.2) is 206 Å². The standard InChI is InChI=1S/C51H34N4/c1-3-14-35(15-4-1)37-28-31-42(32-29-37)55(41-19-5-2-6-20-41)48-25-12-11-22-47(48)51-53-49(40-27-26-36-16-7-8-18-39(36)34-40)52-50(54-51)46-24-13-23-44-43-21-10-9-17-38(43)30-33-45(44)46/h1-34H. The number of fused-ring (bicyclic) bond motifs is 4. The van der Waals surface area contributed by atoms with Crippen LogP contribution in [0.2, 0.25) is 0 Å². The number of anilines is 3. The number of hydrogen-bond donors (Lipinski definition) is 0. The summed E-state index contributed by atoms with van der Waals surface area (Å²) in [6, 6.07) is 72.2. The summed E-state index contributed by atoms with van der Waals surface area (Å²) in [5.41, 5.74) is 8.17. The summed E-state index contributed by atoms with van der Waals surface area (Å²) in [5, 5.41) is 6.97. The Morgan fingerprint density at radius 3 is 1.65 bits per heavy atom. The van der Waals surface area contributed by atoms with E-state index in [1.807, 2.05) is 12.1 Å². The van der Waals surface area contributed by atoms with E-state index in [-0.39, 0.29) is 0 Å². The Bertz CT molecular complexity index is 2980. The maximum atomic E-state index is 5.33. The molecule has 0 aliphatic carbocycles. The third kappa shape index (κ3) is 6.06. The highest BCUT2D eigenvalue weighted by Crippen LogP contribution is 2.41. The van der Waals surface area contributed by atoms with E-state index in [2.05, 4.69) is 199 Å². The maximum absolute atomic E-state index is 5.33. The Kier molecular flexibility index (Phi) is 8.12. The van der Waals surface area contributed by atoms with Crippen LogP contribution in [-0.2, 0) is 0 Å². The predicted molar refractivity (Wildman–Crippen MR) is 229 cm³/mol. The molecule has 0 saturated carbocycles. The molecule has 10 aromatic rings. The van der Waals surface area contributed by atoms with E-state index in [0.717, 1.165) is 50.1 Å². The Balaban J connectivity index is 1.19. The Labute approximate surface area is 319 Å². The normalized spacial score (nSPS) is 11.3. The van der Waals surface area contributed by atoms with Crippen molar-refractivity contribution in [3.63, 3.8) is 0 Å². The minimum atomic E-state index is 0.600. The van der Waals surface area contributed by atoms with Crippen LogP contribution in [0, 0.1) is 0 Å². The van der Waals surface area contributed by atoms with Crippen LogP contribution >= 0.6 is 0 Å². The molecule has 0 amide bonds. The quantitative estimate of drug-likeness (QED) is 0.155. The molecule has 4 nitrogen and oxygen atoms in total. The van der Waals surface area contributed by atoms with E-state index in [1.165, 1.54) is 27.1 Å². The summed E-state index contributed by atoms with van der Waals surface area (Å²) in [6.45, 7) is 0. The summed E-state index contributed by atoms with van der Waals surface area (Å²) in [6.07, 6.45) is 0. The molecular weight excluding hydrogens is 669 g/mol. The first-order chi connectivity index (χ1) is 27.3. The molecule has 9 aromatic carbocycles. The predicted octanol–water partition coefficient (Wildman–Crippen LogP) is 13.5. The van der Waals surface area contributed by atoms with Gasteiger partial charge in [0.25, 0.3) is 0 Å². The molecule has 0 aliphatic heterocycles. The van der Waals surface area contributed by atoms with Crippen LogP contribution < -0.4 is 4.90 Å². The minimum absolute atomic E-state index is 0.600. The Morgan fingerprint density at radius 1 is 0.291 bits per heavy atom. The zero-order chi connectivity index (χ0) is 36.6. The molecular formula is C51H34N4. The molecule has 0 radical (unpaired) electrons. The molecule has 0 spiro atoms. The van der Waals surface area contributed by atoms with Gasteiger partial charge in [0.15, 0.2) is 17.5 Å². The average Bonchev–Trinajstić information content (AvgIpc) is 3.27. The lowest BCUT2D eigenvalue weighted by Gasteiger charge is -2.27. The monoisotopic (exact) mass is 702 g/mol. The van der Waals surface area contributed by atoms with Gasteiger partial charge >= 0.3 is 0 Å². The van der Waals surface area contributed by atoms with Gasteiger partial charge in [-0.3, -0.25) is 0 Å². The number of nitrogens with zero attached hydrogens (tertiary/aromatic N) is 4. The van der Waals surface area contributed by atoms with E-state index in [1.54, 1.807) is 0 Å². The second-order valence-corrected chi connectivity index (χ2v) is 13.7. The van der Waals surface area contributed by atoms with Crippen molar-refractivity contribution >= 4 is 49.4 Å². The summed E-state index contributed by atoms with van der Waals surface area (Å²) in [5.74, 6) is 1.85. The molecule has 4 heteroatoms. The molecule has 55 heavy (non-hydrogen) atoms. The number of rotatable bonds is 7. The van der Waals surface area contributed by atoms with Gasteiger partial charge in [0.1, 0.15) is 0 Å². The average molecular weight is 703 g/mol. The fraction of sp³-hybridized carbons (Fsp3) is 0. The number of hydrogen-bond acceptors (Lipinski definition) is 4. The fourth-order valence-electron chi connectivity index (χ4n) is 7.61. The first-order valence-corrected chi connectivity index (χ1v) is 18.5. The summed E-state index contributed by atoms with van der Waals surface area (Å²) < 4.78 is 0. The van der Waals surface area contributed by atoms with Crippen molar-refractivity contribution < 1.29 is 0 Å². The van der Waals surface area contributed by atoms with Gasteiger partial charge < -0.3 is 4.90 Å². The number of benzene rings is 9. The van der Waals surface area contributed by atoms with Crippen molar-refractivity contribution in [2.75, 3.05) is 4.90 Å². The topological polar surface area (TPSA) is 41.9 Å². The van der Waals surface area contributed by atoms with Crippen molar-refractivity contribution in [1.29, 1.82) is 0 Å². The zero-order valence-electron chi connectivity index (χ0n) is 29.9. The zero-order valence-corrected chi connectivity index (χ0v) is 29.9. The van der Waals surface area contributed by atoms with Crippen LogP contribution in [0.25, 0.3) is 77.6 Å². The van der Waals surface area contributed by atoms with Gasteiger partial charge in [-0.05, 0) is 85.9 Å². The first kappa shape index (κ1) is 32.2. The molecule has 258 valence electrons. The number of aromatic nitrogens is 3. The lowest BCUT2D eigenvalue weighted by Crippen LogP contribution is -2.12. The van der Waals surface area contributed by atoms with E-state index in [4.69, 9.17) is 15.0 Å². The lowest BCUT2D eigenvalue weighted by atomic mass is 9.98. The summed E-state index contributed by atoms with van der Waals surface area (Å²) >= 11 is 0. The van der Waals surface area contributed by atoms with Gasteiger partial charge in [-0.2, -0.15) is 0 Å². The van der Waals surface area contributed by atoms with Gasteiger partial charge in [-0.15, -0.1) is 0 Å². The van der Waals surface area contributed by atoms with Gasteiger partial charge in [-0.1, -0.05) is 164 Å². The molecule has 0 N–H and O–H groups in total. The Hall–Kier alpha value is -7.43. The van der Waals surface area contributed by atoms with E-state index < -0.39 is 0 Å². The van der Waals surface area contributed by atoms with Crippen molar-refractivity contribution in [2.24, 2.45) is 0 Å². The maximum Gasteiger partial charge on any atom is 0.166 e. The minimum Gasteiger partial charge on any atom is -0.310 e. The van der Waals surface area contributed by atoms with Gasteiger partial charge in [-0.25, -0.2) is 15.0 Å². The third-order valence-corrected chi connectivity index (χ3v) is 10.3. The van der Waals surface area contributed by atoms with Gasteiger partial charge in [0.05, 0.1) is 5.69 Å². The molecule has 0 aliphatic rings. The second kappa shape index (κ2) is 13.8. The highest BCUT2D eigenvalue weighted by atomic mass is 15.2. The molecule has 1 heterocycles. The van der Waals surface area contributed by atoms with Crippen LogP contribution in [0.1, 0.15) is 0 Å². The molecule has 1 aromatic heterocycles. The van der Waals surface area contributed by atoms with Gasteiger partial charge in [0.2, 0.25) is 0 Å². The van der Waals surface area contributed by atoms with Crippen molar-refractivity contribution in [1.82, 2.24) is 15.0 Å². The highest BCUT2D eigenvalue weighted by Gasteiger charge is 2.21. The van der Waals surface area contributed by atoms with Crippen LogP contribution in [0.5, 0.6) is 0 Å². The number of para-hydroxylation sites is 2. The van der Waals surface area contributed by atoms with Crippen molar-refractivity contribution in [2.45, 2.75) is 0 Å². The van der Waals surface area contributed by atoms with E-state index >= 15 is 0 Å². The molecule has 0 unspecified atom stereocenters. The molecule has 0 fully saturated rings. The largest absolute Gasteiger partial charge is 0.310 e. The third-order valence-electron chi connectivity index (χ3n) is 10.3. The SMILES string of the molecule is c1ccc(-c2ccc(N(c3ccccc3)c3ccccc3-c3nc(-c4ccc5ccccc5c4)nc(-c4cccc5c4ccc4ccccc45)n3)cc2)cc1. The first-order valence-electron chi connectivity index (χ1n) is 18.5. The highest BCUT2D eigenvalue weighted by molar-refractivity contribution is 6.11. The van der Waals surface area contributed by atoms with E-state index in [0.29, 0.717) is 17.5 Å². The smallest absolute Gasteiger partial charge is 0.166 e. The lowest BCUT2D eigenvalue weighted by molar-refractivity contribution is 1.07. The molecule has 10 rings (SSSR count). The fourth-order valence-corrected chi connectivity index (χ4v) is 7.61. The van der Waals surface area contributed by atoms with E-state index in [9.17, 15) is 0 Å². The van der Waals surface area contributed by atoms with Crippen LogP contribution in [0.4, 0.5) is 17.1 Å². The molecule has 0 saturated heterocycles. The molecule has 0 bridgehead atoms. The molecule has 0 atom stereocenters. The van der Waals surface area contributed by atoms with Gasteiger partial charge in [0, 0.05) is 28.1 Å². The van der Waals surface area contributed by atoms with Crippen molar-refractivity contribution in [3.8, 4) is 45.3 Å². The second-order valence-electron chi connectivity index (χ2n) is 13.7. The summed E-state index contributed by atoms with van der Waals surface area (Å²) in [4.78, 5) is 18.1. The van der Waals surface area contributed by atoms with Crippen LogP contribution in [0.3, 0.4) is 0 Å².